The monoisotopic (exact) mass is 734 g/mol. The molecule has 11 heteroatoms. The van der Waals surface area contributed by atoms with Crippen LogP contribution >= 0.6 is 0 Å². The Bertz CT molecular complexity index is 834. The zero-order valence-electron chi connectivity index (χ0n) is 30.6. The molecule has 276 valence electrons. The first-order chi connectivity index (χ1) is 22.0. The summed E-state index contributed by atoms with van der Waals surface area (Å²) in [6, 6.07) is 0. The molecule has 2 unspecified atom stereocenters. The van der Waals surface area contributed by atoms with E-state index < -0.39 is 20.8 Å². The van der Waals surface area contributed by atoms with Crippen LogP contribution in [0.15, 0.2) is 24.3 Å². The molecule has 8 nitrogen and oxygen atoms in total. The molecule has 0 N–H and O–H groups in total. The number of hydrogen-bond acceptors (Lipinski definition) is 8. The summed E-state index contributed by atoms with van der Waals surface area (Å²) in [6.45, 7) is 8.72. The van der Waals surface area contributed by atoms with Gasteiger partial charge in [0.2, 0.25) is 20.8 Å². The molecule has 0 aliphatic rings. The Morgan fingerprint density at radius 1 is 0.468 bits per heavy atom. The van der Waals surface area contributed by atoms with E-state index >= 15 is 0 Å². The summed E-state index contributed by atoms with van der Waals surface area (Å²) >= 11 is 0. The average Bonchev–Trinajstić information content (AvgIpc) is 3.00. The van der Waals surface area contributed by atoms with E-state index in [4.69, 9.17) is 0 Å². The third-order valence-corrected chi connectivity index (χ3v) is 8.82. The fourth-order valence-corrected chi connectivity index (χ4v) is 5.82. The second kappa shape index (κ2) is 37.7. The van der Waals surface area contributed by atoms with Gasteiger partial charge in [0.25, 0.3) is 0 Å². The van der Waals surface area contributed by atoms with Gasteiger partial charge in [0.15, 0.2) is 0 Å². The fraction of sp³-hybridized carbons (Fsp3) is 0.889. The standard InChI is InChI=1S/2C18H36O4S.Ca/c2*1-3-5-7-9-10-12-14-16-18(17-22-23(19,20)21)15-13-11-8-6-4-2;/h2*14,16,18H,3-13,15,17H2,1-2H3,(H,19,20,21);/q;;+2/p-2/b2*16-14+;. The van der Waals surface area contributed by atoms with Gasteiger partial charge in [-0.05, 0) is 38.5 Å². The van der Waals surface area contributed by atoms with Crippen molar-refractivity contribution >= 4 is 58.5 Å². The molecule has 0 rings (SSSR count). The van der Waals surface area contributed by atoms with Gasteiger partial charge in [-0.3, -0.25) is 8.37 Å². The molecule has 47 heavy (non-hydrogen) atoms. The minimum Gasteiger partial charge on any atom is -0.726 e. The zero-order valence-corrected chi connectivity index (χ0v) is 34.5. The second-order valence-electron chi connectivity index (χ2n) is 12.6. The molecule has 0 aromatic heterocycles. The van der Waals surface area contributed by atoms with Gasteiger partial charge in [0, 0.05) is 11.8 Å². The normalized spacial score (nSPS) is 13.4. The van der Waals surface area contributed by atoms with Crippen molar-refractivity contribution in [2.24, 2.45) is 11.8 Å². The molecule has 0 saturated carbocycles. The van der Waals surface area contributed by atoms with Gasteiger partial charge in [-0.1, -0.05) is 168 Å². The first-order valence-electron chi connectivity index (χ1n) is 18.5. The Hall–Kier alpha value is 0.480. The van der Waals surface area contributed by atoms with Crippen LogP contribution in [0.25, 0.3) is 0 Å². The maximum absolute atomic E-state index is 10.6. The third kappa shape index (κ3) is 46.5. The van der Waals surface area contributed by atoms with Crippen molar-refractivity contribution in [3.8, 4) is 0 Å². The van der Waals surface area contributed by atoms with Gasteiger partial charge in [-0.15, -0.1) is 0 Å². The smallest absolute Gasteiger partial charge is 0.726 e. The summed E-state index contributed by atoms with van der Waals surface area (Å²) in [4.78, 5) is 0. The summed E-state index contributed by atoms with van der Waals surface area (Å²) < 4.78 is 72.6. The summed E-state index contributed by atoms with van der Waals surface area (Å²) in [6.07, 6.45) is 36.3. The molecule has 0 aliphatic carbocycles. The first kappa shape index (κ1) is 51.8. The van der Waals surface area contributed by atoms with Crippen molar-refractivity contribution < 1.29 is 34.3 Å². The van der Waals surface area contributed by atoms with Gasteiger partial charge in [0.1, 0.15) is 0 Å². The van der Waals surface area contributed by atoms with Crippen molar-refractivity contribution in [2.45, 2.75) is 182 Å². The van der Waals surface area contributed by atoms with E-state index in [1.807, 2.05) is 12.2 Å². The Kier molecular flexibility index (Phi) is 41.6. The van der Waals surface area contributed by atoms with Crippen LogP contribution in [0.3, 0.4) is 0 Å². The molecule has 2 atom stereocenters. The van der Waals surface area contributed by atoms with Gasteiger partial charge < -0.3 is 9.11 Å². The second-order valence-corrected chi connectivity index (χ2v) is 14.7. The van der Waals surface area contributed by atoms with Crippen LogP contribution in [-0.4, -0.2) is 76.9 Å². The van der Waals surface area contributed by atoms with Crippen molar-refractivity contribution in [3.63, 3.8) is 0 Å². The molecule has 0 aromatic rings. The Labute approximate surface area is 321 Å². The van der Waals surface area contributed by atoms with Gasteiger partial charge in [-0.2, -0.15) is 0 Å². The number of hydrogen-bond donors (Lipinski definition) is 0. The molecule has 0 saturated heterocycles. The van der Waals surface area contributed by atoms with Crippen molar-refractivity contribution in [1.29, 1.82) is 0 Å². The fourth-order valence-electron chi connectivity index (χ4n) is 5.14. The van der Waals surface area contributed by atoms with Crippen LogP contribution in [0, 0.1) is 11.8 Å². The van der Waals surface area contributed by atoms with E-state index in [0.29, 0.717) is 0 Å². The van der Waals surface area contributed by atoms with E-state index in [1.54, 1.807) is 0 Å². The molecule has 0 bridgehead atoms. The minimum atomic E-state index is -4.59. The molecule has 0 heterocycles. The Morgan fingerprint density at radius 2 is 0.745 bits per heavy atom. The van der Waals surface area contributed by atoms with Crippen LogP contribution in [0.2, 0.25) is 0 Å². The molecule has 0 aromatic carbocycles. The van der Waals surface area contributed by atoms with Gasteiger partial charge in [-0.25, -0.2) is 16.8 Å². The number of rotatable bonds is 32. The molecule has 0 fully saturated rings. The maximum Gasteiger partial charge on any atom is 2.00 e. The SMILES string of the molecule is CCCCCCC/C=C/C(CCCCCCC)COS(=O)(=O)[O-].CCCCCCC/C=C/C(CCCCCCC)COS(=O)(=O)[O-].[Ca+2]. The minimum absolute atomic E-state index is 0. The first-order valence-corrected chi connectivity index (χ1v) is 21.2. The van der Waals surface area contributed by atoms with Gasteiger partial charge in [0.05, 0.1) is 13.2 Å². The summed E-state index contributed by atoms with van der Waals surface area (Å²) in [7, 11) is -9.18. The van der Waals surface area contributed by atoms with Crippen LogP contribution in [0.5, 0.6) is 0 Å². The van der Waals surface area contributed by atoms with E-state index in [2.05, 4.69) is 48.2 Å². The van der Waals surface area contributed by atoms with Crippen molar-refractivity contribution in [2.75, 3.05) is 13.2 Å². The Balaban J connectivity index is -0.000000807. The van der Waals surface area contributed by atoms with Crippen LogP contribution < -0.4 is 0 Å². The predicted molar refractivity (Wildman–Crippen MR) is 196 cm³/mol. The van der Waals surface area contributed by atoms with Gasteiger partial charge >= 0.3 is 37.7 Å². The predicted octanol–water partition coefficient (Wildman–Crippen LogP) is 10.3. The number of allylic oxidation sites excluding steroid dienone is 2. The molecule has 0 spiro atoms. The zero-order chi connectivity index (χ0) is 34.8. The Morgan fingerprint density at radius 3 is 1.02 bits per heavy atom. The van der Waals surface area contributed by atoms with E-state index in [-0.39, 0.29) is 62.8 Å². The molecular formula is C36H70CaO8S2. The molecular weight excluding hydrogens is 665 g/mol. The summed E-state index contributed by atoms with van der Waals surface area (Å²) in [5.74, 6) is 0.0481. The molecule has 0 radical (unpaired) electrons. The quantitative estimate of drug-likeness (QED) is 0.0219. The summed E-state index contributed by atoms with van der Waals surface area (Å²) in [5.41, 5.74) is 0. The average molecular weight is 735 g/mol. The van der Waals surface area contributed by atoms with Crippen LogP contribution in [0.4, 0.5) is 0 Å². The maximum atomic E-state index is 10.6. The van der Waals surface area contributed by atoms with E-state index in [1.165, 1.54) is 103 Å². The third-order valence-electron chi connectivity index (χ3n) is 7.98. The molecule has 0 amide bonds. The van der Waals surface area contributed by atoms with E-state index in [0.717, 1.165) is 51.4 Å². The number of unbranched alkanes of at least 4 members (excludes halogenated alkanes) is 18. The van der Waals surface area contributed by atoms with E-state index in [9.17, 15) is 25.9 Å². The topological polar surface area (TPSA) is 133 Å². The van der Waals surface area contributed by atoms with Crippen molar-refractivity contribution in [3.05, 3.63) is 24.3 Å². The van der Waals surface area contributed by atoms with Crippen molar-refractivity contribution in [1.82, 2.24) is 0 Å². The molecule has 0 aliphatic heterocycles. The largest absolute Gasteiger partial charge is 2.00 e. The van der Waals surface area contributed by atoms with Crippen LogP contribution in [0.1, 0.15) is 182 Å². The summed E-state index contributed by atoms with van der Waals surface area (Å²) in [5, 5.41) is 0. The van der Waals surface area contributed by atoms with Crippen LogP contribution in [-0.2, 0) is 29.2 Å².